The number of nitrogens with zero attached hydrogens (tertiary/aromatic N) is 2. The second-order valence-electron chi connectivity index (χ2n) is 5.52. The molecule has 1 fully saturated rings. The van der Waals surface area contributed by atoms with Crippen LogP contribution in [0.25, 0.3) is 11.1 Å². The van der Waals surface area contributed by atoms with Gasteiger partial charge in [-0.25, -0.2) is 0 Å². The predicted molar refractivity (Wildman–Crippen MR) is 90.6 cm³/mol. The largest absolute Gasteiger partial charge is 0.379 e. The molecule has 1 aromatic heterocycles. The molecule has 2 aromatic rings. The van der Waals surface area contributed by atoms with Crippen LogP contribution in [0.1, 0.15) is 11.3 Å². The van der Waals surface area contributed by atoms with Crippen molar-refractivity contribution in [2.45, 2.75) is 18.4 Å². The molecule has 3 rings (SSSR count). The number of ether oxygens (including phenoxy) is 1. The van der Waals surface area contributed by atoms with E-state index in [1.165, 1.54) is 28.6 Å². The highest BCUT2D eigenvalue weighted by Gasteiger charge is 2.12. The third-order valence-electron chi connectivity index (χ3n) is 3.95. The maximum atomic E-state index is 5.63. The Morgan fingerprint density at radius 2 is 2.05 bits per heavy atom. The van der Waals surface area contributed by atoms with Crippen LogP contribution in [0.4, 0.5) is 0 Å². The number of rotatable bonds is 4. The average molecular weight is 315 g/mol. The summed E-state index contributed by atoms with van der Waals surface area (Å²) in [5, 5.41) is 5.63. The van der Waals surface area contributed by atoms with Crippen LogP contribution < -0.4 is 5.14 Å². The Morgan fingerprint density at radius 1 is 1.23 bits per heavy atom. The molecule has 0 saturated carbocycles. The summed E-state index contributed by atoms with van der Waals surface area (Å²) in [5.74, 6) is 0. The smallest absolute Gasteiger partial charge is 0.0594 e. The Hall–Kier alpha value is -1.40. The van der Waals surface area contributed by atoms with Gasteiger partial charge in [-0.3, -0.25) is 15.0 Å². The van der Waals surface area contributed by atoms with Gasteiger partial charge in [0, 0.05) is 30.7 Å². The normalized spacial score (nSPS) is 15.9. The van der Waals surface area contributed by atoms with Gasteiger partial charge in [0.15, 0.2) is 0 Å². The number of benzene rings is 1. The fraction of sp³-hybridized carbons (Fsp3) is 0.353. The fourth-order valence-corrected chi connectivity index (χ4v) is 3.15. The summed E-state index contributed by atoms with van der Waals surface area (Å²) in [6, 6.07) is 10.6. The monoisotopic (exact) mass is 315 g/mol. The van der Waals surface area contributed by atoms with E-state index in [0.29, 0.717) is 0 Å². The van der Waals surface area contributed by atoms with Gasteiger partial charge in [-0.2, -0.15) is 0 Å². The van der Waals surface area contributed by atoms with Crippen LogP contribution in [0.15, 0.2) is 41.4 Å². The molecular formula is C17H21N3OS. The fourth-order valence-electron chi connectivity index (χ4n) is 2.75. The zero-order valence-corrected chi connectivity index (χ0v) is 13.6. The number of nitrogens with two attached hydrogens (primary N) is 1. The van der Waals surface area contributed by atoms with Gasteiger partial charge in [-0.05, 0) is 59.8 Å². The van der Waals surface area contributed by atoms with Crippen molar-refractivity contribution in [2.24, 2.45) is 5.14 Å². The van der Waals surface area contributed by atoms with Crippen LogP contribution in [0.2, 0.25) is 0 Å². The SMILES string of the molecule is Cc1cc(SN)ccc1-c1ccnc(CN2CCOCC2)c1. The highest BCUT2D eigenvalue weighted by molar-refractivity contribution is 7.97. The molecule has 1 aliphatic rings. The summed E-state index contributed by atoms with van der Waals surface area (Å²) < 4.78 is 5.39. The maximum absolute atomic E-state index is 5.63. The van der Waals surface area contributed by atoms with Gasteiger partial charge in [0.25, 0.3) is 0 Å². The second-order valence-corrected chi connectivity index (χ2v) is 6.23. The van der Waals surface area contributed by atoms with E-state index in [1.807, 2.05) is 6.20 Å². The van der Waals surface area contributed by atoms with Crippen molar-refractivity contribution in [3.8, 4) is 11.1 Å². The lowest BCUT2D eigenvalue weighted by molar-refractivity contribution is 0.0336. The summed E-state index contributed by atoms with van der Waals surface area (Å²) in [4.78, 5) is 7.99. The molecule has 0 spiro atoms. The van der Waals surface area contributed by atoms with E-state index >= 15 is 0 Å². The summed E-state index contributed by atoms with van der Waals surface area (Å²) in [6.07, 6.45) is 1.90. The summed E-state index contributed by atoms with van der Waals surface area (Å²) in [6.45, 7) is 6.60. The lowest BCUT2D eigenvalue weighted by Crippen LogP contribution is -2.35. The molecule has 5 heteroatoms. The second kappa shape index (κ2) is 7.24. The van der Waals surface area contributed by atoms with Crippen LogP contribution in [-0.2, 0) is 11.3 Å². The molecule has 0 atom stereocenters. The summed E-state index contributed by atoms with van der Waals surface area (Å²) in [7, 11) is 0. The van der Waals surface area contributed by atoms with Gasteiger partial charge in [0.05, 0.1) is 18.9 Å². The van der Waals surface area contributed by atoms with Gasteiger partial charge in [0.1, 0.15) is 0 Å². The van der Waals surface area contributed by atoms with Gasteiger partial charge in [-0.1, -0.05) is 6.07 Å². The van der Waals surface area contributed by atoms with Crippen molar-refractivity contribution < 1.29 is 4.74 Å². The number of aryl methyl sites for hydroxylation is 1. The van der Waals surface area contributed by atoms with Gasteiger partial charge in [-0.15, -0.1) is 0 Å². The number of pyridine rings is 1. The first-order valence-corrected chi connectivity index (χ1v) is 8.37. The van der Waals surface area contributed by atoms with Gasteiger partial charge in [0.2, 0.25) is 0 Å². The van der Waals surface area contributed by atoms with E-state index in [-0.39, 0.29) is 0 Å². The number of hydrogen-bond donors (Lipinski definition) is 1. The zero-order valence-electron chi connectivity index (χ0n) is 12.8. The highest BCUT2D eigenvalue weighted by atomic mass is 32.2. The van der Waals surface area contributed by atoms with Crippen molar-refractivity contribution in [3.63, 3.8) is 0 Å². The minimum absolute atomic E-state index is 0.816. The van der Waals surface area contributed by atoms with E-state index in [1.54, 1.807) is 0 Å². The Morgan fingerprint density at radius 3 is 2.77 bits per heavy atom. The Balaban J connectivity index is 1.81. The molecule has 1 aromatic carbocycles. The first kappa shape index (κ1) is 15.5. The van der Waals surface area contributed by atoms with Crippen molar-refractivity contribution in [3.05, 3.63) is 47.8 Å². The van der Waals surface area contributed by atoms with E-state index < -0.39 is 0 Å². The molecule has 1 saturated heterocycles. The van der Waals surface area contributed by atoms with E-state index in [0.717, 1.165) is 43.4 Å². The minimum Gasteiger partial charge on any atom is -0.379 e. The maximum Gasteiger partial charge on any atom is 0.0594 e. The highest BCUT2D eigenvalue weighted by Crippen LogP contribution is 2.27. The van der Waals surface area contributed by atoms with Gasteiger partial charge < -0.3 is 4.74 Å². The molecule has 0 bridgehead atoms. The molecule has 0 unspecified atom stereocenters. The molecule has 22 heavy (non-hydrogen) atoms. The topological polar surface area (TPSA) is 51.4 Å². The first-order valence-electron chi connectivity index (χ1n) is 7.49. The van der Waals surface area contributed by atoms with Crippen molar-refractivity contribution in [1.82, 2.24) is 9.88 Å². The molecule has 116 valence electrons. The summed E-state index contributed by atoms with van der Waals surface area (Å²) in [5.41, 5.74) is 4.79. The van der Waals surface area contributed by atoms with Crippen molar-refractivity contribution in [2.75, 3.05) is 26.3 Å². The van der Waals surface area contributed by atoms with E-state index in [2.05, 4.69) is 47.1 Å². The Bertz CT molecular complexity index is 642. The van der Waals surface area contributed by atoms with E-state index in [9.17, 15) is 0 Å². The van der Waals surface area contributed by atoms with Gasteiger partial charge >= 0.3 is 0 Å². The van der Waals surface area contributed by atoms with Crippen molar-refractivity contribution >= 4 is 11.9 Å². The van der Waals surface area contributed by atoms with Crippen LogP contribution >= 0.6 is 11.9 Å². The lowest BCUT2D eigenvalue weighted by Gasteiger charge is -2.26. The standard InChI is InChI=1S/C17H21N3OS/c1-13-10-16(22-18)2-3-17(13)14-4-5-19-15(11-14)12-20-6-8-21-9-7-20/h2-5,10-11H,6-9,12,18H2,1H3. The Kier molecular flexibility index (Phi) is 5.10. The third kappa shape index (κ3) is 3.67. The van der Waals surface area contributed by atoms with E-state index in [4.69, 9.17) is 9.88 Å². The Labute approximate surface area is 135 Å². The lowest BCUT2D eigenvalue weighted by atomic mass is 10.0. The quantitative estimate of drug-likeness (QED) is 0.879. The minimum atomic E-state index is 0.816. The number of aromatic nitrogens is 1. The molecule has 0 radical (unpaired) electrons. The first-order chi connectivity index (χ1) is 10.8. The zero-order chi connectivity index (χ0) is 15.4. The molecule has 0 amide bonds. The molecule has 2 heterocycles. The average Bonchev–Trinajstić information content (AvgIpc) is 2.56. The number of hydrogen-bond acceptors (Lipinski definition) is 5. The molecule has 2 N–H and O–H groups in total. The van der Waals surface area contributed by atoms with Crippen LogP contribution in [-0.4, -0.2) is 36.2 Å². The van der Waals surface area contributed by atoms with Crippen LogP contribution in [0, 0.1) is 6.92 Å². The van der Waals surface area contributed by atoms with Crippen LogP contribution in [0.3, 0.4) is 0 Å². The third-order valence-corrected chi connectivity index (χ3v) is 4.48. The predicted octanol–water partition coefficient (Wildman–Crippen LogP) is 2.86. The summed E-state index contributed by atoms with van der Waals surface area (Å²) >= 11 is 1.28. The van der Waals surface area contributed by atoms with Crippen LogP contribution in [0.5, 0.6) is 0 Å². The molecule has 1 aliphatic heterocycles. The molecule has 0 aliphatic carbocycles. The molecule has 4 nitrogen and oxygen atoms in total. The molecular weight excluding hydrogens is 294 g/mol. The van der Waals surface area contributed by atoms with Crippen molar-refractivity contribution in [1.29, 1.82) is 0 Å². The number of morpholine rings is 1.